The molecule has 4 aromatic rings. The number of nitrogens with two attached hydrogens (primary N) is 2. The maximum absolute atomic E-state index is 6.96. The first-order chi connectivity index (χ1) is 35.9. The van der Waals surface area contributed by atoms with E-state index in [0.29, 0.717) is 46.2 Å². The third-order valence-electron chi connectivity index (χ3n) is 12.5. The minimum Gasteiger partial charge on any atom is -0.379 e. The number of hydrazone groups is 1. The fourth-order valence-corrected chi connectivity index (χ4v) is 10.0. The van der Waals surface area contributed by atoms with Crippen LogP contribution in [0.2, 0.25) is 0 Å². The molecule has 0 aromatic heterocycles. The van der Waals surface area contributed by atoms with Crippen molar-refractivity contribution in [2.45, 2.75) is 33.7 Å². The molecule has 412 valence electrons. The van der Waals surface area contributed by atoms with Crippen molar-refractivity contribution in [3.8, 4) is 0 Å². The van der Waals surface area contributed by atoms with E-state index in [2.05, 4.69) is 74.0 Å². The number of aryl methyl sites for hydroxylation is 3. The second-order valence-electron chi connectivity index (χ2n) is 18.0. The standard InChI is InChI=1S/C30H61N7O8S.C17H18N2.C8H9N/c1-3-29-6-4-5-7-30(29)28-33-46(2,34-31,35-32,44-26-24-42-22-20-40-18-12-36-8-14-38-15-9-36)45-27-25-43-23-21-41-19-13-37-10-16-39-17-11-37;1-14-8-4-6-10-16(14)12-18-19(3)13-17-11-7-5-9-15(17)2;1-7-4-2-3-5-8(7)6-9/h4-7,33-35H,3,8-28,31-32H2,1-2H3;4-13H,2H2,1,3H3;2-6,9H,1H3/b;17-13+,18-12-;. The summed E-state index contributed by atoms with van der Waals surface area (Å²) in [5, 5.41) is 15.3. The number of hydrogen-bond acceptors (Lipinski definition) is 18. The number of hydrogen-bond donors (Lipinski definition) is 6. The van der Waals surface area contributed by atoms with Gasteiger partial charge in [-0.15, -0.1) is 0 Å². The Balaban J connectivity index is 0.000000341. The Hall–Kier alpha value is -4.49. The first-order valence-corrected chi connectivity index (χ1v) is 28.3. The molecule has 0 spiro atoms. The third kappa shape index (κ3) is 22.0. The van der Waals surface area contributed by atoms with Crippen LogP contribution in [0.15, 0.2) is 102 Å². The topological polar surface area (TPSA) is 208 Å². The van der Waals surface area contributed by atoms with E-state index in [4.69, 9.17) is 53.9 Å². The van der Waals surface area contributed by atoms with Gasteiger partial charge in [0, 0.05) is 71.5 Å². The summed E-state index contributed by atoms with van der Waals surface area (Å²) in [7, 11) is -2.71. The van der Waals surface area contributed by atoms with Crippen molar-refractivity contribution >= 4 is 34.6 Å². The number of nitrogens with zero attached hydrogens (tertiary/aromatic N) is 4. The van der Waals surface area contributed by atoms with Crippen molar-refractivity contribution in [1.29, 1.82) is 5.41 Å². The van der Waals surface area contributed by atoms with E-state index < -0.39 is 9.41 Å². The summed E-state index contributed by atoms with van der Waals surface area (Å²) >= 11 is 0. The van der Waals surface area contributed by atoms with Crippen LogP contribution in [0, 0.1) is 19.3 Å². The van der Waals surface area contributed by atoms with Gasteiger partial charge >= 0.3 is 0 Å². The normalized spacial score (nSPS) is 15.6. The monoisotopic (exact) mass is 1050 g/mol. The Labute approximate surface area is 440 Å². The summed E-state index contributed by atoms with van der Waals surface area (Å²) in [4.78, 5) is 10.3. The van der Waals surface area contributed by atoms with Gasteiger partial charge in [-0.1, -0.05) is 111 Å². The molecule has 2 saturated heterocycles. The van der Waals surface area contributed by atoms with Gasteiger partial charge in [0.2, 0.25) is 0 Å². The lowest BCUT2D eigenvalue weighted by Crippen LogP contribution is -2.72. The lowest BCUT2D eigenvalue weighted by molar-refractivity contribution is 0.00173. The van der Waals surface area contributed by atoms with Crippen molar-refractivity contribution in [3.05, 3.63) is 141 Å². The summed E-state index contributed by atoms with van der Waals surface area (Å²) in [5.41, 5.74) is 6.77. The van der Waals surface area contributed by atoms with Crippen molar-refractivity contribution in [3.63, 3.8) is 0 Å². The molecule has 0 radical (unpaired) electrons. The van der Waals surface area contributed by atoms with Crippen LogP contribution in [0.3, 0.4) is 0 Å². The van der Waals surface area contributed by atoms with Gasteiger partial charge in [0.15, 0.2) is 0 Å². The Morgan fingerprint density at radius 1 is 0.649 bits per heavy atom. The summed E-state index contributed by atoms with van der Waals surface area (Å²) < 4.78 is 50.2. The minimum atomic E-state index is -4.62. The second-order valence-corrected chi connectivity index (χ2v) is 22.9. The first-order valence-electron chi connectivity index (χ1n) is 25.6. The molecule has 6 rings (SSSR count). The number of nitrogens with one attached hydrogen (secondary N) is 4. The second kappa shape index (κ2) is 33.5. The summed E-state index contributed by atoms with van der Waals surface area (Å²) in [6.45, 7) is 23.2. The highest BCUT2D eigenvalue weighted by atomic mass is 32.4. The molecule has 74 heavy (non-hydrogen) atoms. The zero-order chi connectivity index (χ0) is 53.2. The summed E-state index contributed by atoms with van der Waals surface area (Å²) in [6, 6.07) is 32.2. The van der Waals surface area contributed by atoms with Crippen LogP contribution >= 0.6 is 9.41 Å². The lowest BCUT2D eigenvalue weighted by Gasteiger charge is -2.80. The molecule has 0 aliphatic carbocycles. The fraction of sp³-hybridized carbons (Fsp3) is 0.491. The molecule has 2 fully saturated rings. The van der Waals surface area contributed by atoms with E-state index >= 15 is 0 Å². The molecule has 0 atom stereocenters. The highest BCUT2D eigenvalue weighted by molar-refractivity contribution is 8.53. The van der Waals surface area contributed by atoms with Crippen molar-refractivity contribution in [1.82, 2.24) is 29.2 Å². The SMILES string of the molecule is C=c1cccc/c1=C\N(C)/N=C\c1ccccc1C.CCc1ccccc1CNS(C)(NN)(NN)(OCCOCCOCCN1CCOCC1)OCCOCCOCCN1CCOCC1.Cc1ccccc1C=N. The largest absolute Gasteiger partial charge is 0.379 e. The number of morpholine rings is 2. The summed E-state index contributed by atoms with van der Waals surface area (Å²) in [6.07, 6.45) is 7.79. The first kappa shape index (κ1) is 62.1. The maximum Gasteiger partial charge on any atom is 0.0959 e. The number of ether oxygens (including phenoxy) is 6. The average molecular weight is 1050 g/mol. The smallest absolute Gasteiger partial charge is 0.0959 e. The molecule has 2 heterocycles. The van der Waals surface area contributed by atoms with Crippen LogP contribution in [0.25, 0.3) is 12.8 Å². The minimum absolute atomic E-state index is 0.139. The van der Waals surface area contributed by atoms with Gasteiger partial charge in [0.1, 0.15) is 0 Å². The molecule has 0 bridgehead atoms. The Kier molecular flexibility index (Phi) is 28.1. The van der Waals surface area contributed by atoms with Crippen molar-refractivity contribution < 1.29 is 36.8 Å². The molecule has 2 aliphatic heterocycles. The van der Waals surface area contributed by atoms with Gasteiger partial charge in [0.25, 0.3) is 0 Å². The van der Waals surface area contributed by atoms with E-state index in [1.165, 1.54) is 17.3 Å². The van der Waals surface area contributed by atoms with Crippen LogP contribution in [0.4, 0.5) is 0 Å². The van der Waals surface area contributed by atoms with Crippen molar-refractivity contribution in [2.75, 3.05) is 145 Å². The molecule has 0 unspecified atom stereocenters. The van der Waals surface area contributed by atoms with Gasteiger partial charge in [-0.25, -0.2) is 4.72 Å². The van der Waals surface area contributed by atoms with Crippen LogP contribution in [-0.2, 0) is 49.8 Å². The molecule has 0 saturated carbocycles. The predicted molar refractivity (Wildman–Crippen MR) is 302 cm³/mol. The Morgan fingerprint density at radius 2 is 1.09 bits per heavy atom. The van der Waals surface area contributed by atoms with E-state index in [1.807, 2.05) is 99.2 Å². The molecule has 2 aliphatic rings. The number of hydrazine groups is 2. The fourth-order valence-electron chi connectivity index (χ4n) is 7.61. The van der Waals surface area contributed by atoms with Crippen LogP contribution < -0.4 is 36.5 Å². The van der Waals surface area contributed by atoms with Crippen LogP contribution in [0.1, 0.15) is 40.3 Å². The zero-order valence-electron chi connectivity index (χ0n) is 44.9. The van der Waals surface area contributed by atoms with Gasteiger partial charge in [-0.3, -0.25) is 34.9 Å². The van der Waals surface area contributed by atoms with Crippen LogP contribution in [-0.4, -0.2) is 172 Å². The van der Waals surface area contributed by atoms with Gasteiger partial charge in [-0.05, 0) is 64.1 Å². The molecule has 0 amide bonds. The quantitative estimate of drug-likeness (QED) is 0.0187. The Morgan fingerprint density at radius 3 is 1.57 bits per heavy atom. The molecular formula is C55H88N10O8S. The van der Waals surface area contributed by atoms with Gasteiger partial charge < -0.3 is 33.8 Å². The molecule has 8 N–H and O–H groups in total. The summed E-state index contributed by atoms with van der Waals surface area (Å²) in [5.74, 6) is 12.5. The number of rotatable bonds is 30. The lowest BCUT2D eigenvalue weighted by atomic mass is 10.1. The highest BCUT2D eigenvalue weighted by Gasteiger charge is 2.49. The highest BCUT2D eigenvalue weighted by Crippen LogP contribution is 2.77. The molecule has 18 nitrogen and oxygen atoms in total. The zero-order valence-corrected chi connectivity index (χ0v) is 45.7. The van der Waals surface area contributed by atoms with E-state index in [1.54, 1.807) is 11.3 Å². The maximum atomic E-state index is 6.96. The third-order valence-corrected chi connectivity index (χ3v) is 16.5. The van der Waals surface area contributed by atoms with Crippen molar-refractivity contribution in [2.24, 2.45) is 16.8 Å². The molecule has 4 aromatic carbocycles. The van der Waals surface area contributed by atoms with Crippen LogP contribution in [0.5, 0.6) is 0 Å². The average Bonchev–Trinajstić information content (AvgIpc) is 3.43. The van der Waals surface area contributed by atoms with E-state index in [-0.39, 0.29) is 26.4 Å². The Bertz CT molecular complexity index is 2310. The van der Waals surface area contributed by atoms with Gasteiger partial charge in [-0.2, -0.15) is 24.2 Å². The molecule has 19 heteroatoms. The number of benzene rings is 4. The van der Waals surface area contributed by atoms with E-state index in [9.17, 15) is 0 Å². The predicted octanol–water partition coefficient (Wildman–Crippen LogP) is 4.21. The van der Waals surface area contributed by atoms with Gasteiger partial charge in [0.05, 0.1) is 98.7 Å². The van der Waals surface area contributed by atoms with E-state index in [0.717, 1.165) is 105 Å². The molecular weight excluding hydrogens is 961 g/mol.